The fourth-order valence-corrected chi connectivity index (χ4v) is 4.02. The van der Waals surface area contributed by atoms with Crippen LogP contribution >= 0.6 is 0 Å². The van der Waals surface area contributed by atoms with Crippen molar-refractivity contribution in [1.82, 2.24) is 5.32 Å². The lowest BCUT2D eigenvalue weighted by Crippen LogP contribution is -2.38. The van der Waals surface area contributed by atoms with Crippen LogP contribution in [0.2, 0.25) is 0 Å². The maximum absolute atomic E-state index is 12.7. The van der Waals surface area contributed by atoms with E-state index in [-0.39, 0.29) is 16.4 Å². The van der Waals surface area contributed by atoms with Gasteiger partial charge in [-0.15, -0.1) is 13.2 Å². The molecule has 0 aromatic heterocycles. The van der Waals surface area contributed by atoms with Gasteiger partial charge in [0, 0.05) is 12.2 Å². The molecule has 0 aliphatic carbocycles. The van der Waals surface area contributed by atoms with Crippen LogP contribution in [0, 0.1) is 0 Å². The van der Waals surface area contributed by atoms with E-state index in [0.717, 1.165) is 17.7 Å². The molecule has 2 N–H and O–H groups in total. The third kappa shape index (κ3) is 5.07. The quantitative estimate of drug-likeness (QED) is 0.764. The molecule has 1 amide bonds. The molecule has 1 unspecified atom stereocenters. The smallest absolute Gasteiger partial charge is 0.406 e. The summed E-state index contributed by atoms with van der Waals surface area (Å²) >= 11 is 0. The van der Waals surface area contributed by atoms with E-state index < -0.39 is 28.1 Å². The second-order valence-corrected chi connectivity index (χ2v) is 8.74. The van der Waals surface area contributed by atoms with E-state index >= 15 is 0 Å². The second-order valence-electron chi connectivity index (χ2n) is 6.46. The summed E-state index contributed by atoms with van der Waals surface area (Å²) in [7, 11) is -3.35. The highest BCUT2D eigenvalue weighted by molar-refractivity contribution is 7.91. The predicted molar refractivity (Wildman–Crippen MR) is 100 cm³/mol. The van der Waals surface area contributed by atoms with Crippen LogP contribution in [0.5, 0.6) is 5.75 Å². The largest absolute Gasteiger partial charge is 0.573 e. The second kappa shape index (κ2) is 8.03. The first kappa shape index (κ1) is 21.1. The fraction of sp³-hybridized carbons (Fsp3) is 0.316. The van der Waals surface area contributed by atoms with Crippen molar-refractivity contribution in [3.05, 3.63) is 53.6 Å². The fourth-order valence-electron chi connectivity index (χ4n) is 3.09. The Labute approximate surface area is 166 Å². The first-order chi connectivity index (χ1) is 13.6. The summed E-state index contributed by atoms with van der Waals surface area (Å²) in [5.41, 5.74) is 1.75. The summed E-state index contributed by atoms with van der Waals surface area (Å²) in [6.07, 6.45) is -4.21. The summed E-state index contributed by atoms with van der Waals surface area (Å²) in [5, 5.41) is 5.72. The van der Waals surface area contributed by atoms with Gasteiger partial charge in [-0.3, -0.25) is 4.79 Å². The van der Waals surface area contributed by atoms with Crippen LogP contribution in [0.15, 0.2) is 47.4 Å². The number of ether oxygens (including phenoxy) is 1. The monoisotopic (exact) mass is 428 g/mol. The maximum atomic E-state index is 12.7. The summed E-state index contributed by atoms with van der Waals surface area (Å²) < 4.78 is 64.6. The van der Waals surface area contributed by atoms with Gasteiger partial charge in [0.25, 0.3) is 0 Å². The average Bonchev–Trinajstić information content (AvgIpc) is 2.67. The van der Waals surface area contributed by atoms with E-state index in [2.05, 4.69) is 15.4 Å². The van der Waals surface area contributed by atoms with Crippen molar-refractivity contribution in [1.29, 1.82) is 0 Å². The summed E-state index contributed by atoms with van der Waals surface area (Å²) in [5.74, 6) is -0.801. The van der Waals surface area contributed by atoms with E-state index in [1.54, 1.807) is 19.1 Å². The van der Waals surface area contributed by atoms with Crippen molar-refractivity contribution in [2.45, 2.75) is 30.6 Å². The van der Waals surface area contributed by atoms with Gasteiger partial charge in [0.15, 0.2) is 9.84 Å². The number of anilines is 1. The third-order valence-corrected chi connectivity index (χ3v) is 6.26. The van der Waals surface area contributed by atoms with Crippen molar-refractivity contribution < 1.29 is 31.1 Å². The normalized spacial score (nSPS) is 16.8. The molecule has 3 rings (SSSR count). The van der Waals surface area contributed by atoms with E-state index in [1.807, 2.05) is 0 Å². The van der Waals surface area contributed by atoms with E-state index in [4.69, 9.17) is 0 Å². The number of alkyl halides is 3. The molecule has 0 spiro atoms. The number of sulfone groups is 1. The number of benzene rings is 2. The SMILES string of the molecule is CCS(=O)(=O)c1ccc2c(c1)CCNC2C(=O)Nc1ccc(OC(F)(F)F)cc1. The molecular formula is C19H19F3N2O4S. The first-order valence-corrected chi connectivity index (χ1v) is 10.5. The third-order valence-electron chi connectivity index (χ3n) is 4.53. The van der Waals surface area contributed by atoms with Gasteiger partial charge in [-0.1, -0.05) is 13.0 Å². The molecule has 156 valence electrons. The molecular weight excluding hydrogens is 409 g/mol. The predicted octanol–water partition coefficient (Wildman–Crippen LogP) is 3.20. The number of hydrogen-bond donors (Lipinski definition) is 2. The number of nitrogens with one attached hydrogen (secondary N) is 2. The van der Waals surface area contributed by atoms with E-state index in [9.17, 15) is 26.4 Å². The number of carbonyl (C=O) groups is 1. The molecule has 0 fully saturated rings. The van der Waals surface area contributed by atoms with Crippen molar-refractivity contribution >= 4 is 21.4 Å². The minimum atomic E-state index is -4.79. The van der Waals surface area contributed by atoms with Gasteiger partial charge >= 0.3 is 6.36 Å². The van der Waals surface area contributed by atoms with Crippen LogP contribution in [0.1, 0.15) is 24.1 Å². The molecule has 1 aliphatic heterocycles. The molecule has 0 saturated heterocycles. The Morgan fingerprint density at radius 3 is 2.52 bits per heavy atom. The van der Waals surface area contributed by atoms with Crippen LogP contribution in [0.3, 0.4) is 0 Å². The van der Waals surface area contributed by atoms with Crippen molar-refractivity contribution in [3.8, 4) is 5.75 Å². The number of fused-ring (bicyclic) bond motifs is 1. The van der Waals surface area contributed by atoms with Gasteiger partial charge < -0.3 is 15.4 Å². The van der Waals surface area contributed by atoms with Crippen molar-refractivity contribution in [3.63, 3.8) is 0 Å². The van der Waals surface area contributed by atoms with Gasteiger partial charge in [0.2, 0.25) is 5.91 Å². The Morgan fingerprint density at radius 2 is 1.90 bits per heavy atom. The maximum Gasteiger partial charge on any atom is 0.573 e. The zero-order chi connectivity index (χ0) is 21.2. The lowest BCUT2D eigenvalue weighted by Gasteiger charge is -2.26. The zero-order valence-corrected chi connectivity index (χ0v) is 16.2. The van der Waals surface area contributed by atoms with Crippen LogP contribution in [-0.4, -0.2) is 33.0 Å². The van der Waals surface area contributed by atoms with Gasteiger partial charge in [-0.2, -0.15) is 0 Å². The molecule has 0 bridgehead atoms. The topological polar surface area (TPSA) is 84.5 Å². The Hall–Kier alpha value is -2.59. The van der Waals surface area contributed by atoms with E-state index in [0.29, 0.717) is 24.2 Å². The number of carbonyl (C=O) groups excluding carboxylic acids is 1. The lowest BCUT2D eigenvalue weighted by atomic mass is 9.94. The Morgan fingerprint density at radius 1 is 1.21 bits per heavy atom. The zero-order valence-electron chi connectivity index (χ0n) is 15.4. The molecule has 2 aromatic carbocycles. The van der Waals surface area contributed by atoms with Gasteiger partial charge in [0.05, 0.1) is 10.6 Å². The van der Waals surface area contributed by atoms with Gasteiger partial charge in [0.1, 0.15) is 11.8 Å². The minimum absolute atomic E-state index is 0.0119. The number of rotatable bonds is 5. The molecule has 29 heavy (non-hydrogen) atoms. The molecule has 1 heterocycles. The molecule has 1 atom stereocenters. The Bertz CT molecular complexity index is 1010. The molecule has 6 nitrogen and oxygen atoms in total. The minimum Gasteiger partial charge on any atom is -0.406 e. The highest BCUT2D eigenvalue weighted by atomic mass is 32.2. The van der Waals surface area contributed by atoms with E-state index in [1.165, 1.54) is 18.2 Å². The summed E-state index contributed by atoms with van der Waals surface area (Å²) in [6.45, 7) is 2.05. The highest BCUT2D eigenvalue weighted by Crippen LogP contribution is 2.28. The highest BCUT2D eigenvalue weighted by Gasteiger charge is 2.31. The summed E-state index contributed by atoms with van der Waals surface area (Å²) in [6, 6.07) is 8.81. The number of halogens is 3. The van der Waals surface area contributed by atoms with Crippen molar-refractivity contribution in [2.24, 2.45) is 0 Å². The summed E-state index contributed by atoms with van der Waals surface area (Å²) in [4.78, 5) is 12.9. The van der Waals surface area contributed by atoms with Crippen LogP contribution in [0.4, 0.5) is 18.9 Å². The average molecular weight is 428 g/mol. The lowest BCUT2D eigenvalue weighted by molar-refractivity contribution is -0.274. The first-order valence-electron chi connectivity index (χ1n) is 8.85. The van der Waals surface area contributed by atoms with Crippen molar-refractivity contribution in [2.75, 3.05) is 17.6 Å². The Kier molecular flexibility index (Phi) is 5.85. The van der Waals surface area contributed by atoms with Gasteiger partial charge in [-0.25, -0.2) is 8.42 Å². The molecule has 10 heteroatoms. The molecule has 0 saturated carbocycles. The van der Waals surface area contributed by atoms with Crippen LogP contribution in [0.25, 0.3) is 0 Å². The molecule has 0 radical (unpaired) electrons. The number of amides is 1. The van der Waals surface area contributed by atoms with Gasteiger partial charge in [-0.05, 0) is 53.9 Å². The number of hydrogen-bond acceptors (Lipinski definition) is 5. The molecule has 2 aromatic rings. The molecule has 1 aliphatic rings. The van der Waals surface area contributed by atoms with Crippen LogP contribution < -0.4 is 15.4 Å². The van der Waals surface area contributed by atoms with Crippen LogP contribution in [-0.2, 0) is 21.1 Å². The standard InChI is InChI=1S/C19H19F3N2O4S/c1-2-29(26,27)15-7-8-16-12(11-15)9-10-23-17(16)18(25)24-13-3-5-14(6-4-13)28-19(20,21)22/h3-8,11,17,23H,2,9-10H2,1H3,(H,24,25). The Balaban J connectivity index is 1.76.